The minimum absolute atomic E-state index is 0.639. The lowest BCUT2D eigenvalue weighted by Gasteiger charge is -2.35. The molecule has 0 aliphatic carbocycles. The molecule has 112 valence electrons. The predicted octanol–water partition coefficient (Wildman–Crippen LogP) is 3.20. The number of aryl methyl sites for hydroxylation is 1. The summed E-state index contributed by atoms with van der Waals surface area (Å²) in [6.45, 7) is 7.96. The summed E-state index contributed by atoms with van der Waals surface area (Å²) in [5.74, 6) is 1.09. The Morgan fingerprint density at radius 3 is 3.05 bits per heavy atom. The molecular weight excluding hydrogens is 248 g/mol. The first-order chi connectivity index (χ1) is 9.78. The third-order valence-electron chi connectivity index (χ3n) is 4.85. The zero-order valence-corrected chi connectivity index (χ0v) is 12.9. The molecule has 3 heterocycles. The monoisotopic (exact) mass is 276 g/mol. The average Bonchev–Trinajstić information content (AvgIpc) is 3.04. The first-order valence-corrected chi connectivity index (χ1v) is 8.31. The van der Waals surface area contributed by atoms with Gasteiger partial charge >= 0.3 is 0 Å². The molecule has 0 amide bonds. The highest BCUT2D eigenvalue weighted by atomic mass is 15.2. The Bertz CT molecular complexity index is 440. The molecule has 0 bridgehead atoms. The van der Waals surface area contributed by atoms with E-state index in [4.69, 9.17) is 0 Å². The number of nitrogens with zero attached hydrogens (tertiary/aromatic N) is 3. The second kappa shape index (κ2) is 6.17. The van der Waals surface area contributed by atoms with Crippen LogP contribution in [0, 0.1) is 6.92 Å². The maximum absolute atomic E-state index is 4.68. The van der Waals surface area contributed by atoms with Crippen LogP contribution in [0.3, 0.4) is 0 Å². The van der Waals surface area contributed by atoms with Crippen molar-refractivity contribution in [2.24, 2.45) is 0 Å². The summed E-state index contributed by atoms with van der Waals surface area (Å²) < 4.78 is 2.42. The first-order valence-electron chi connectivity index (χ1n) is 8.31. The molecule has 2 aliphatic rings. The van der Waals surface area contributed by atoms with Gasteiger partial charge in [-0.1, -0.05) is 13.3 Å². The zero-order valence-electron chi connectivity index (χ0n) is 12.9. The molecule has 2 saturated heterocycles. The van der Waals surface area contributed by atoms with Gasteiger partial charge < -0.3 is 14.8 Å². The van der Waals surface area contributed by atoms with Gasteiger partial charge in [-0.2, -0.15) is 0 Å². The van der Waals surface area contributed by atoms with E-state index in [-0.39, 0.29) is 0 Å². The molecule has 2 aliphatic heterocycles. The number of fused-ring (bicyclic) bond motifs is 1. The lowest BCUT2D eigenvalue weighted by Crippen LogP contribution is -2.38. The summed E-state index contributed by atoms with van der Waals surface area (Å²) >= 11 is 0. The largest absolute Gasteiger partial charge is 0.356 e. The Kier molecular flexibility index (Phi) is 4.29. The fraction of sp³-hybridized carbons (Fsp3) is 0.812. The summed E-state index contributed by atoms with van der Waals surface area (Å²) in [5.41, 5.74) is 1.14. The van der Waals surface area contributed by atoms with E-state index in [9.17, 15) is 0 Å². The number of anilines is 1. The smallest absolute Gasteiger partial charge is 0.203 e. The fourth-order valence-corrected chi connectivity index (χ4v) is 3.76. The van der Waals surface area contributed by atoms with Crippen molar-refractivity contribution >= 4 is 5.95 Å². The van der Waals surface area contributed by atoms with Crippen molar-refractivity contribution in [2.75, 3.05) is 25.0 Å². The lowest BCUT2D eigenvalue weighted by molar-refractivity contribution is 0.156. The van der Waals surface area contributed by atoms with Crippen molar-refractivity contribution in [3.63, 3.8) is 0 Å². The quantitative estimate of drug-likeness (QED) is 0.838. The van der Waals surface area contributed by atoms with E-state index in [1.165, 1.54) is 51.6 Å². The predicted molar refractivity (Wildman–Crippen MR) is 83.2 cm³/mol. The highest BCUT2D eigenvalue weighted by Gasteiger charge is 2.33. The van der Waals surface area contributed by atoms with Gasteiger partial charge in [0, 0.05) is 31.4 Å². The molecular formula is C16H28N4. The molecule has 4 heteroatoms. The van der Waals surface area contributed by atoms with E-state index in [1.807, 2.05) is 0 Å². The number of unbranched alkanes of at least 4 members (excludes halogenated alkanes) is 1. The molecule has 20 heavy (non-hydrogen) atoms. The van der Waals surface area contributed by atoms with Crippen LogP contribution in [-0.4, -0.2) is 40.1 Å². The Balaban J connectivity index is 1.69. The Hall–Kier alpha value is -1.03. The number of imidazole rings is 1. The minimum atomic E-state index is 0.639. The number of hydrogen-bond donors (Lipinski definition) is 1. The Morgan fingerprint density at radius 2 is 2.20 bits per heavy atom. The van der Waals surface area contributed by atoms with Gasteiger partial charge in [0.2, 0.25) is 5.95 Å². The van der Waals surface area contributed by atoms with Gasteiger partial charge in [-0.25, -0.2) is 4.98 Å². The van der Waals surface area contributed by atoms with Gasteiger partial charge in [0.25, 0.3) is 0 Å². The molecule has 4 nitrogen and oxygen atoms in total. The van der Waals surface area contributed by atoms with E-state index in [0.717, 1.165) is 24.2 Å². The van der Waals surface area contributed by atoms with Crippen molar-refractivity contribution in [1.82, 2.24) is 14.5 Å². The minimum Gasteiger partial charge on any atom is -0.356 e. The maximum atomic E-state index is 4.68. The number of rotatable bonds is 5. The Labute approximate surface area is 122 Å². The first kappa shape index (κ1) is 13.9. The summed E-state index contributed by atoms with van der Waals surface area (Å²) in [7, 11) is 0. The van der Waals surface area contributed by atoms with Crippen LogP contribution in [-0.2, 0) is 0 Å². The second-order valence-corrected chi connectivity index (χ2v) is 6.40. The molecule has 2 unspecified atom stereocenters. The van der Waals surface area contributed by atoms with Gasteiger partial charge in [0.15, 0.2) is 0 Å². The third kappa shape index (κ3) is 2.85. The summed E-state index contributed by atoms with van der Waals surface area (Å²) in [5, 5.41) is 3.53. The van der Waals surface area contributed by atoms with Crippen LogP contribution in [0.4, 0.5) is 5.95 Å². The summed E-state index contributed by atoms with van der Waals surface area (Å²) in [4.78, 5) is 7.37. The summed E-state index contributed by atoms with van der Waals surface area (Å²) in [6, 6.07) is 1.46. The van der Waals surface area contributed by atoms with Crippen molar-refractivity contribution in [2.45, 2.75) is 64.5 Å². The number of piperidine rings is 1. The van der Waals surface area contributed by atoms with Crippen molar-refractivity contribution in [3.8, 4) is 0 Å². The molecule has 1 aromatic rings. The molecule has 1 N–H and O–H groups in total. The van der Waals surface area contributed by atoms with Crippen molar-refractivity contribution < 1.29 is 0 Å². The molecule has 0 saturated carbocycles. The standard InChI is InChI=1S/C16H28N4/c1-3-4-8-17-16-18-13(2)12-20(16)15-7-10-19-9-5-6-14(19)11-15/h12,14-15H,3-11H2,1-2H3,(H,17,18). The zero-order chi connectivity index (χ0) is 13.9. The topological polar surface area (TPSA) is 33.1 Å². The van der Waals surface area contributed by atoms with E-state index in [1.54, 1.807) is 0 Å². The van der Waals surface area contributed by atoms with E-state index >= 15 is 0 Å². The van der Waals surface area contributed by atoms with Crippen LogP contribution < -0.4 is 5.32 Å². The molecule has 2 atom stereocenters. The molecule has 2 fully saturated rings. The average molecular weight is 276 g/mol. The third-order valence-corrected chi connectivity index (χ3v) is 4.85. The summed E-state index contributed by atoms with van der Waals surface area (Å²) in [6.07, 6.45) is 10.0. The van der Waals surface area contributed by atoms with Crippen LogP contribution in [0.2, 0.25) is 0 Å². The molecule has 1 aromatic heterocycles. The normalized spacial score (nSPS) is 26.7. The molecule has 0 radical (unpaired) electrons. The lowest BCUT2D eigenvalue weighted by atomic mass is 9.97. The molecule has 0 aromatic carbocycles. The maximum Gasteiger partial charge on any atom is 0.203 e. The molecule has 0 spiro atoms. The van der Waals surface area contributed by atoms with Gasteiger partial charge in [0.05, 0.1) is 5.69 Å². The second-order valence-electron chi connectivity index (χ2n) is 6.40. The van der Waals surface area contributed by atoms with Crippen LogP contribution in [0.25, 0.3) is 0 Å². The number of hydrogen-bond acceptors (Lipinski definition) is 3. The highest BCUT2D eigenvalue weighted by Crippen LogP contribution is 2.34. The van der Waals surface area contributed by atoms with Gasteiger partial charge in [-0.05, 0) is 45.6 Å². The highest BCUT2D eigenvalue weighted by molar-refractivity contribution is 5.29. The van der Waals surface area contributed by atoms with E-state index in [2.05, 4.69) is 39.8 Å². The van der Waals surface area contributed by atoms with Gasteiger partial charge in [0.1, 0.15) is 0 Å². The van der Waals surface area contributed by atoms with Crippen LogP contribution >= 0.6 is 0 Å². The number of nitrogens with one attached hydrogen (secondary N) is 1. The van der Waals surface area contributed by atoms with Crippen LogP contribution in [0.5, 0.6) is 0 Å². The van der Waals surface area contributed by atoms with Crippen molar-refractivity contribution in [3.05, 3.63) is 11.9 Å². The van der Waals surface area contributed by atoms with E-state index in [0.29, 0.717) is 6.04 Å². The fourth-order valence-electron chi connectivity index (χ4n) is 3.76. The van der Waals surface area contributed by atoms with Crippen molar-refractivity contribution in [1.29, 1.82) is 0 Å². The van der Waals surface area contributed by atoms with Gasteiger partial charge in [-0.3, -0.25) is 0 Å². The Morgan fingerprint density at radius 1 is 1.30 bits per heavy atom. The van der Waals surface area contributed by atoms with E-state index < -0.39 is 0 Å². The molecule has 3 rings (SSSR count). The van der Waals surface area contributed by atoms with Gasteiger partial charge in [-0.15, -0.1) is 0 Å². The number of aromatic nitrogens is 2. The van der Waals surface area contributed by atoms with Crippen LogP contribution in [0.15, 0.2) is 6.20 Å². The van der Waals surface area contributed by atoms with Crippen LogP contribution in [0.1, 0.15) is 57.2 Å². The SMILES string of the molecule is CCCCNc1nc(C)cn1C1CCN2CCCC2C1.